The third kappa shape index (κ3) is 3.01. The van der Waals surface area contributed by atoms with Crippen LogP contribution in [-0.2, 0) is 0 Å². The molecule has 2 atom stereocenters. The van der Waals surface area contributed by atoms with Gasteiger partial charge in [-0.1, -0.05) is 0 Å². The summed E-state index contributed by atoms with van der Waals surface area (Å²) in [6, 6.07) is 6.08. The molecule has 2 aliphatic heterocycles. The molecule has 1 aromatic carbocycles. The van der Waals surface area contributed by atoms with Gasteiger partial charge in [-0.15, -0.1) is 12.4 Å². The Morgan fingerprint density at radius 3 is 2.59 bits per heavy atom. The van der Waals surface area contributed by atoms with Crippen LogP contribution in [0.4, 0.5) is 0 Å². The first-order valence-corrected chi connectivity index (χ1v) is 7.50. The fraction of sp³-hybridized carbons (Fsp3) is 0.562. The summed E-state index contributed by atoms with van der Waals surface area (Å²) in [6.45, 7) is 1.90. The summed E-state index contributed by atoms with van der Waals surface area (Å²) in [5.41, 5.74) is 0.673. The van der Waals surface area contributed by atoms with Crippen LogP contribution in [0, 0.1) is 0 Å². The van der Waals surface area contributed by atoms with Crippen molar-refractivity contribution in [2.45, 2.75) is 31.3 Å². The average molecular weight is 327 g/mol. The summed E-state index contributed by atoms with van der Waals surface area (Å²) in [6.07, 6.45) is 3.25. The van der Waals surface area contributed by atoms with Gasteiger partial charge in [0.15, 0.2) is 11.5 Å². The van der Waals surface area contributed by atoms with E-state index in [4.69, 9.17) is 9.47 Å². The molecular weight excluding hydrogens is 304 g/mol. The zero-order valence-corrected chi connectivity index (χ0v) is 13.8. The number of halogens is 1. The summed E-state index contributed by atoms with van der Waals surface area (Å²) >= 11 is 0. The predicted molar refractivity (Wildman–Crippen MR) is 87.3 cm³/mol. The lowest BCUT2D eigenvalue weighted by Gasteiger charge is -2.28. The van der Waals surface area contributed by atoms with Crippen LogP contribution in [0.25, 0.3) is 0 Å². The minimum atomic E-state index is 0. The highest BCUT2D eigenvalue weighted by Crippen LogP contribution is 2.32. The lowest BCUT2D eigenvalue weighted by atomic mass is 10.1. The first kappa shape index (κ1) is 16.9. The van der Waals surface area contributed by atoms with Gasteiger partial charge in [-0.25, -0.2) is 0 Å². The Kier molecular flexibility index (Phi) is 5.53. The second-order valence-corrected chi connectivity index (χ2v) is 5.66. The number of hydrogen-bond acceptors (Lipinski definition) is 4. The molecule has 0 aromatic heterocycles. The van der Waals surface area contributed by atoms with Crippen LogP contribution in [0.15, 0.2) is 18.2 Å². The second kappa shape index (κ2) is 7.20. The number of nitrogens with zero attached hydrogens (tertiary/aromatic N) is 1. The van der Waals surface area contributed by atoms with E-state index in [0.717, 1.165) is 32.4 Å². The van der Waals surface area contributed by atoms with Gasteiger partial charge in [0.1, 0.15) is 0 Å². The Morgan fingerprint density at radius 2 is 1.86 bits per heavy atom. The van der Waals surface area contributed by atoms with Gasteiger partial charge < -0.3 is 19.7 Å². The zero-order valence-electron chi connectivity index (χ0n) is 13.0. The van der Waals surface area contributed by atoms with Crippen molar-refractivity contribution in [3.63, 3.8) is 0 Å². The zero-order chi connectivity index (χ0) is 14.8. The van der Waals surface area contributed by atoms with Crippen molar-refractivity contribution >= 4 is 18.3 Å². The van der Waals surface area contributed by atoms with Crippen molar-refractivity contribution in [3.8, 4) is 11.5 Å². The molecule has 1 N–H and O–H groups in total. The molecule has 122 valence electrons. The van der Waals surface area contributed by atoms with Crippen molar-refractivity contribution in [2.75, 3.05) is 27.3 Å². The molecule has 6 heteroatoms. The van der Waals surface area contributed by atoms with Gasteiger partial charge in [0, 0.05) is 24.2 Å². The van der Waals surface area contributed by atoms with E-state index in [2.05, 4.69) is 10.2 Å². The average Bonchev–Trinajstić information content (AvgIpc) is 2.78. The molecule has 2 saturated heterocycles. The minimum absolute atomic E-state index is 0. The highest BCUT2D eigenvalue weighted by molar-refractivity contribution is 5.95. The van der Waals surface area contributed by atoms with Gasteiger partial charge >= 0.3 is 0 Å². The van der Waals surface area contributed by atoms with Crippen molar-refractivity contribution < 1.29 is 14.3 Å². The maximum absolute atomic E-state index is 12.9. The highest BCUT2D eigenvalue weighted by Gasteiger charge is 2.38. The Labute approximate surface area is 137 Å². The Hall–Kier alpha value is -1.46. The Bertz CT molecular complexity index is 524. The van der Waals surface area contributed by atoms with Crippen molar-refractivity contribution in [1.82, 2.24) is 10.2 Å². The molecular formula is C16H23ClN2O3. The van der Waals surface area contributed by atoms with Gasteiger partial charge in [-0.05, 0) is 44.0 Å². The minimum Gasteiger partial charge on any atom is -0.493 e. The van der Waals surface area contributed by atoms with Crippen LogP contribution in [0.2, 0.25) is 0 Å². The van der Waals surface area contributed by atoms with Crippen LogP contribution in [0.1, 0.15) is 29.6 Å². The number of benzene rings is 1. The number of hydrogen-bond donors (Lipinski definition) is 1. The molecule has 2 fully saturated rings. The molecule has 2 bridgehead atoms. The van der Waals surface area contributed by atoms with Crippen LogP contribution >= 0.6 is 12.4 Å². The molecule has 0 aliphatic carbocycles. The summed E-state index contributed by atoms with van der Waals surface area (Å²) < 4.78 is 10.5. The molecule has 22 heavy (non-hydrogen) atoms. The number of amides is 1. The van der Waals surface area contributed by atoms with Crippen LogP contribution in [0.3, 0.4) is 0 Å². The van der Waals surface area contributed by atoms with Crippen LogP contribution in [-0.4, -0.2) is 50.2 Å². The molecule has 5 nitrogen and oxygen atoms in total. The molecule has 1 amide bonds. The molecule has 0 spiro atoms. The fourth-order valence-electron chi connectivity index (χ4n) is 3.43. The smallest absolute Gasteiger partial charge is 0.254 e. The maximum Gasteiger partial charge on any atom is 0.254 e. The SMILES string of the molecule is COc1ccc(C(=O)N2C3CCNCC2CC3)cc1OC.Cl. The van der Waals surface area contributed by atoms with E-state index < -0.39 is 0 Å². The monoisotopic (exact) mass is 326 g/mol. The van der Waals surface area contributed by atoms with E-state index in [1.807, 2.05) is 6.07 Å². The van der Waals surface area contributed by atoms with Gasteiger partial charge in [0.25, 0.3) is 5.91 Å². The maximum atomic E-state index is 12.9. The largest absolute Gasteiger partial charge is 0.493 e. The molecule has 2 heterocycles. The van der Waals surface area contributed by atoms with E-state index >= 15 is 0 Å². The molecule has 2 aliphatic rings. The standard InChI is InChI=1S/C16H22N2O3.ClH/c1-20-14-6-3-11(9-15(14)21-2)16(19)18-12-4-5-13(18)10-17-8-7-12;/h3,6,9,12-13,17H,4-5,7-8,10H2,1-2H3;1H. The molecule has 0 radical (unpaired) electrons. The molecule has 1 aromatic rings. The van der Waals surface area contributed by atoms with E-state index in [1.54, 1.807) is 26.4 Å². The first-order chi connectivity index (χ1) is 10.2. The number of methoxy groups -OCH3 is 2. The number of rotatable bonds is 3. The van der Waals surface area contributed by atoms with Gasteiger partial charge in [-0.2, -0.15) is 0 Å². The van der Waals surface area contributed by atoms with Gasteiger partial charge in [0.2, 0.25) is 0 Å². The third-order valence-electron chi connectivity index (χ3n) is 4.52. The predicted octanol–water partition coefficient (Wildman–Crippen LogP) is 2.09. The van der Waals surface area contributed by atoms with Crippen molar-refractivity contribution in [1.29, 1.82) is 0 Å². The Balaban J connectivity index is 0.00000176. The number of fused-ring (bicyclic) bond motifs is 2. The fourth-order valence-corrected chi connectivity index (χ4v) is 3.43. The Morgan fingerprint density at radius 1 is 1.14 bits per heavy atom. The number of carbonyl (C=O) groups is 1. The normalized spacial score (nSPS) is 23.5. The quantitative estimate of drug-likeness (QED) is 0.924. The van der Waals surface area contributed by atoms with E-state index in [-0.39, 0.29) is 18.3 Å². The number of ether oxygens (including phenoxy) is 2. The topological polar surface area (TPSA) is 50.8 Å². The van der Waals surface area contributed by atoms with Crippen LogP contribution in [0.5, 0.6) is 11.5 Å². The summed E-state index contributed by atoms with van der Waals surface area (Å²) in [5, 5.41) is 3.42. The highest BCUT2D eigenvalue weighted by atomic mass is 35.5. The second-order valence-electron chi connectivity index (χ2n) is 5.66. The lowest BCUT2D eigenvalue weighted by molar-refractivity contribution is 0.0680. The van der Waals surface area contributed by atoms with Crippen molar-refractivity contribution in [2.24, 2.45) is 0 Å². The summed E-state index contributed by atoms with van der Waals surface area (Å²) in [4.78, 5) is 15.0. The number of carbonyl (C=O) groups excluding carboxylic acids is 1. The molecule has 3 rings (SSSR count). The third-order valence-corrected chi connectivity index (χ3v) is 4.52. The van der Waals surface area contributed by atoms with Gasteiger partial charge in [-0.3, -0.25) is 4.79 Å². The lowest BCUT2D eigenvalue weighted by Crippen LogP contribution is -2.42. The molecule has 2 unspecified atom stereocenters. The van der Waals surface area contributed by atoms with E-state index in [0.29, 0.717) is 29.1 Å². The van der Waals surface area contributed by atoms with Gasteiger partial charge in [0.05, 0.1) is 14.2 Å². The number of nitrogens with one attached hydrogen (secondary N) is 1. The van der Waals surface area contributed by atoms with Crippen molar-refractivity contribution in [3.05, 3.63) is 23.8 Å². The summed E-state index contributed by atoms with van der Waals surface area (Å²) in [5.74, 6) is 1.35. The molecule has 0 saturated carbocycles. The van der Waals surface area contributed by atoms with E-state index in [9.17, 15) is 4.79 Å². The first-order valence-electron chi connectivity index (χ1n) is 7.50. The van der Waals surface area contributed by atoms with Crippen LogP contribution < -0.4 is 14.8 Å². The van der Waals surface area contributed by atoms with E-state index in [1.165, 1.54) is 0 Å². The summed E-state index contributed by atoms with van der Waals surface area (Å²) in [7, 11) is 3.19.